The van der Waals surface area contributed by atoms with Crippen LogP contribution in [0.4, 0.5) is 8.78 Å². The van der Waals surface area contributed by atoms with Crippen molar-refractivity contribution >= 4 is 9.84 Å². The Kier molecular flexibility index (Phi) is 3.35. The van der Waals surface area contributed by atoms with Gasteiger partial charge in [-0.1, -0.05) is 12.1 Å². The standard InChI is InChI=1S/C10H12F2O3S/c1-10(13,9(11)12)7-3-5-8(6-4-7)16(2,14)15/h3-6,9,13H,1-2H3. The molecule has 0 saturated heterocycles. The third-order valence-electron chi connectivity index (χ3n) is 2.29. The predicted octanol–water partition coefficient (Wildman–Crippen LogP) is 1.56. The molecule has 90 valence electrons. The minimum Gasteiger partial charge on any atom is -0.379 e. The van der Waals surface area contributed by atoms with E-state index in [0.717, 1.165) is 13.2 Å². The van der Waals surface area contributed by atoms with Crippen molar-refractivity contribution in [1.29, 1.82) is 0 Å². The number of aliphatic hydroxyl groups is 1. The van der Waals surface area contributed by atoms with E-state index in [2.05, 4.69) is 0 Å². The summed E-state index contributed by atoms with van der Waals surface area (Å²) in [4.78, 5) is 0.0290. The number of sulfone groups is 1. The van der Waals surface area contributed by atoms with E-state index in [-0.39, 0.29) is 10.5 Å². The number of benzene rings is 1. The van der Waals surface area contributed by atoms with Crippen molar-refractivity contribution in [2.45, 2.75) is 23.8 Å². The van der Waals surface area contributed by atoms with Gasteiger partial charge in [-0.3, -0.25) is 0 Å². The topological polar surface area (TPSA) is 54.4 Å². The zero-order valence-electron chi connectivity index (χ0n) is 8.81. The molecule has 6 heteroatoms. The second-order valence-electron chi connectivity index (χ2n) is 3.74. The van der Waals surface area contributed by atoms with E-state index in [1.165, 1.54) is 24.3 Å². The Morgan fingerprint density at radius 2 is 1.69 bits per heavy atom. The van der Waals surface area contributed by atoms with Crippen molar-refractivity contribution in [3.05, 3.63) is 29.8 Å². The van der Waals surface area contributed by atoms with Crippen LogP contribution in [0.5, 0.6) is 0 Å². The summed E-state index contributed by atoms with van der Waals surface area (Å²) in [6.07, 6.45) is -1.91. The minimum absolute atomic E-state index is 0.0186. The molecule has 0 aliphatic carbocycles. The molecule has 1 N–H and O–H groups in total. The summed E-state index contributed by atoms with van der Waals surface area (Å²) in [5, 5.41) is 9.46. The first kappa shape index (κ1) is 13.1. The summed E-state index contributed by atoms with van der Waals surface area (Å²) in [7, 11) is -3.35. The fourth-order valence-electron chi connectivity index (χ4n) is 1.17. The molecule has 0 amide bonds. The molecular formula is C10H12F2O3S. The Morgan fingerprint density at radius 3 is 2.00 bits per heavy atom. The van der Waals surface area contributed by atoms with Gasteiger partial charge >= 0.3 is 0 Å². The van der Waals surface area contributed by atoms with E-state index in [4.69, 9.17) is 0 Å². The summed E-state index contributed by atoms with van der Waals surface area (Å²) in [5.74, 6) is 0. The van der Waals surface area contributed by atoms with Gasteiger partial charge < -0.3 is 5.11 Å². The largest absolute Gasteiger partial charge is 0.379 e. The van der Waals surface area contributed by atoms with E-state index < -0.39 is 21.9 Å². The average Bonchev–Trinajstić information content (AvgIpc) is 2.16. The van der Waals surface area contributed by atoms with Crippen LogP contribution in [-0.2, 0) is 15.4 Å². The van der Waals surface area contributed by atoms with Gasteiger partial charge in [-0.25, -0.2) is 17.2 Å². The molecule has 0 saturated carbocycles. The summed E-state index contributed by atoms with van der Waals surface area (Å²) < 4.78 is 47.2. The lowest BCUT2D eigenvalue weighted by molar-refractivity contribution is -0.0883. The maximum absolute atomic E-state index is 12.5. The molecule has 0 aromatic heterocycles. The van der Waals surface area contributed by atoms with E-state index >= 15 is 0 Å². The molecule has 1 atom stereocenters. The van der Waals surface area contributed by atoms with Crippen LogP contribution in [0.15, 0.2) is 29.2 Å². The van der Waals surface area contributed by atoms with Crippen molar-refractivity contribution < 1.29 is 22.3 Å². The van der Waals surface area contributed by atoms with Crippen LogP contribution >= 0.6 is 0 Å². The van der Waals surface area contributed by atoms with E-state index in [9.17, 15) is 22.3 Å². The van der Waals surface area contributed by atoms with E-state index in [1.54, 1.807) is 0 Å². The molecule has 1 unspecified atom stereocenters. The number of hydrogen-bond acceptors (Lipinski definition) is 3. The van der Waals surface area contributed by atoms with Crippen molar-refractivity contribution in [1.82, 2.24) is 0 Å². The van der Waals surface area contributed by atoms with E-state index in [0.29, 0.717) is 0 Å². The molecule has 0 heterocycles. The van der Waals surface area contributed by atoms with Gasteiger partial charge in [0.2, 0.25) is 0 Å². The van der Waals surface area contributed by atoms with Gasteiger partial charge in [0.1, 0.15) is 5.60 Å². The van der Waals surface area contributed by atoms with Gasteiger partial charge in [0.15, 0.2) is 9.84 Å². The lowest BCUT2D eigenvalue weighted by Gasteiger charge is -2.22. The molecular weight excluding hydrogens is 238 g/mol. The highest BCUT2D eigenvalue weighted by atomic mass is 32.2. The van der Waals surface area contributed by atoms with Crippen LogP contribution in [0.1, 0.15) is 12.5 Å². The van der Waals surface area contributed by atoms with E-state index in [1.807, 2.05) is 0 Å². The normalized spacial score (nSPS) is 16.1. The Balaban J connectivity index is 3.14. The van der Waals surface area contributed by atoms with Crippen LogP contribution in [0.3, 0.4) is 0 Å². The molecule has 3 nitrogen and oxygen atoms in total. The molecule has 0 radical (unpaired) electrons. The molecule has 0 spiro atoms. The smallest absolute Gasteiger partial charge is 0.270 e. The molecule has 1 aromatic carbocycles. The second-order valence-corrected chi connectivity index (χ2v) is 5.76. The minimum atomic E-state index is -3.35. The Hall–Kier alpha value is -1.01. The predicted molar refractivity (Wildman–Crippen MR) is 55.1 cm³/mol. The molecule has 0 bridgehead atoms. The summed E-state index contributed by atoms with van der Waals surface area (Å²) in [5.41, 5.74) is -2.29. The Bertz CT molecular complexity index is 463. The van der Waals surface area contributed by atoms with Crippen molar-refractivity contribution in [2.75, 3.05) is 6.26 Å². The molecule has 1 aromatic rings. The molecule has 0 aliphatic heterocycles. The van der Waals surface area contributed by atoms with Gasteiger partial charge in [-0.15, -0.1) is 0 Å². The first-order valence-electron chi connectivity index (χ1n) is 4.47. The molecule has 0 fully saturated rings. The number of rotatable bonds is 3. The fraction of sp³-hybridized carbons (Fsp3) is 0.400. The fourth-order valence-corrected chi connectivity index (χ4v) is 1.80. The molecule has 0 aliphatic rings. The maximum atomic E-state index is 12.5. The van der Waals surface area contributed by atoms with Gasteiger partial charge in [0.05, 0.1) is 4.90 Å². The summed E-state index contributed by atoms with van der Waals surface area (Å²) >= 11 is 0. The Morgan fingerprint density at radius 1 is 1.25 bits per heavy atom. The summed E-state index contributed by atoms with van der Waals surface area (Å²) in [6, 6.07) is 4.76. The molecule has 1 rings (SSSR count). The summed E-state index contributed by atoms with van der Waals surface area (Å²) in [6.45, 7) is 0.979. The van der Waals surface area contributed by atoms with Gasteiger partial charge in [0.25, 0.3) is 6.43 Å². The quantitative estimate of drug-likeness (QED) is 0.885. The lowest BCUT2D eigenvalue weighted by Crippen LogP contribution is -2.30. The zero-order chi connectivity index (χ0) is 12.6. The zero-order valence-corrected chi connectivity index (χ0v) is 9.63. The highest BCUT2D eigenvalue weighted by molar-refractivity contribution is 7.90. The van der Waals surface area contributed by atoms with Crippen molar-refractivity contribution in [3.8, 4) is 0 Å². The van der Waals surface area contributed by atoms with Crippen LogP contribution in [0, 0.1) is 0 Å². The average molecular weight is 250 g/mol. The van der Waals surface area contributed by atoms with Crippen LogP contribution in [0.2, 0.25) is 0 Å². The van der Waals surface area contributed by atoms with Crippen molar-refractivity contribution in [2.24, 2.45) is 0 Å². The third kappa shape index (κ3) is 2.56. The van der Waals surface area contributed by atoms with Crippen molar-refractivity contribution in [3.63, 3.8) is 0 Å². The lowest BCUT2D eigenvalue weighted by atomic mass is 9.97. The SMILES string of the molecule is CC(O)(c1ccc(S(C)(=O)=O)cc1)C(F)F. The first-order valence-corrected chi connectivity index (χ1v) is 6.36. The first-order chi connectivity index (χ1) is 7.15. The van der Waals surface area contributed by atoms with Gasteiger partial charge in [0, 0.05) is 6.26 Å². The van der Waals surface area contributed by atoms with Crippen LogP contribution in [0.25, 0.3) is 0 Å². The maximum Gasteiger partial charge on any atom is 0.270 e. The number of alkyl halides is 2. The Labute approximate surface area is 92.6 Å². The van der Waals surface area contributed by atoms with Crippen LogP contribution in [-0.4, -0.2) is 26.2 Å². The van der Waals surface area contributed by atoms with Gasteiger partial charge in [-0.2, -0.15) is 0 Å². The monoisotopic (exact) mass is 250 g/mol. The molecule has 16 heavy (non-hydrogen) atoms. The highest BCUT2D eigenvalue weighted by Crippen LogP contribution is 2.28. The third-order valence-corrected chi connectivity index (χ3v) is 3.42. The van der Waals surface area contributed by atoms with Gasteiger partial charge in [-0.05, 0) is 24.6 Å². The number of hydrogen-bond donors (Lipinski definition) is 1. The highest BCUT2D eigenvalue weighted by Gasteiger charge is 2.34. The second kappa shape index (κ2) is 4.10. The van der Waals surface area contributed by atoms with Crippen LogP contribution < -0.4 is 0 Å². The number of halogens is 2.